The highest BCUT2D eigenvalue weighted by atomic mass is 35.5. The molecule has 25 heavy (non-hydrogen) atoms. The third kappa shape index (κ3) is 4.60. The second-order valence-corrected chi connectivity index (χ2v) is 6.47. The van der Waals surface area contributed by atoms with Gasteiger partial charge < -0.3 is 10.6 Å². The first kappa shape index (κ1) is 21.6. The van der Waals surface area contributed by atoms with E-state index in [0.717, 1.165) is 24.8 Å². The second kappa shape index (κ2) is 8.79. The fourth-order valence-corrected chi connectivity index (χ4v) is 3.25. The molecule has 2 atom stereocenters. The standard InChI is InChI=1S/C18H22FN3O.2ClH/c1-11(20)14-4-3-7-22(10-14)18(23)16-8-13-5-6-15(19)9-17(13)21-12(16)2;;/h5-6,8-9,11,14H,3-4,7,10,20H2,1-2H3;2*1H. The van der Waals surface area contributed by atoms with E-state index in [1.54, 1.807) is 13.0 Å². The number of carbonyl (C=O) groups excluding carboxylic acids is 1. The topological polar surface area (TPSA) is 59.2 Å². The van der Waals surface area contributed by atoms with Gasteiger partial charge >= 0.3 is 0 Å². The van der Waals surface area contributed by atoms with Crippen LogP contribution in [-0.2, 0) is 0 Å². The molecule has 1 saturated heterocycles. The Morgan fingerprint density at radius 1 is 1.36 bits per heavy atom. The molecule has 0 radical (unpaired) electrons. The number of nitrogens with two attached hydrogens (primary N) is 1. The number of pyridine rings is 1. The van der Waals surface area contributed by atoms with E-state index in [9.17, 15) is 9.18 Å². The molecule has 2 N–H and O–H groups in total. The quantitative estimate of drug-likeness (QED) is 0.853. The van der Waals surface area contributed by atoms with Gasteiger partial charge in [0.05, 0.1) is 16.8 Å². The zero-order valence-electron chi connectivity index (χ0n) is 14.4. The van der Waals surface area contributed by atoms with Crippen molar-refractivity contribution in [2.24, 2.45) is 11.7 Å². The second-order valence-electron chi connectivity index (χ2n) is 6.47. The lowest BCUT2D eigenvalue weighted by Crippen LogP contribution is -2.45. The summed E-state index contributed by atoms with van der Waals surface area (Å²) in [7, 11) is 0. The first-order valence-electron chi connectivity index (χ1n) is 8.07. The molecule has 1 fully saturated rings. The van der Waals surface area contributed by atoms with Gasteiger partial charge in [-0.05, 0) is 50.8 Å². The maximum Gasteiger partial charge on any atom is 0.255 e. The van der Waals surface area contributed by atoms with Gasteiger partial charge in [0.2, 0.25) is 0 Å². The molecule has 2 unspecified atom stereocenters. The van der Waals surface area contributed by atoms with Crippen molar-refractivity contribution in [3.8, 4) is 0 Å². The summed E-state index contributed by atoms with van der Waals surface area (Å²) in [4.78, 5) is 19.1. The van der Waals surface area contributed by atoms with Crippen LogP contribution in [0, 0.1) is 18.7 Å². The molecular weight excluding hydrogens is 364 g/mol. The number of benzene rings is 1. The van der Waals surface area contributed by atoms with Gasteiger partial charge in [0, 0.05) is 30.6 Å². The summed E-state index contributed by atoms with van der Waals surface area (Å²) in [6.07, 6.45) is 2.04. The van der Waals surface area contributed by atoms with Crippen molar-refractivity contribution >= 4 is 41.6 Å². The monoisotopic (exact) mass is 387 g/mol. The van der Waals surface area contributed by atoms with Crippen LogP contribution in [0.15, 0.2) is 24.3 Å². The first-order chi connectivity index (χ1) is 11.0. The van der Waals surface area contributed by atoms with Crippen LogP contribution in [0.4, 0.5) is 4.39 Å². The predicted octanol–water partition coefficient (Wildman–Crippen LogP) is 3.73. The number of piperidine rings is 1. The van der Waals surface area contributed by atoms with Crippen LogP contribution in [0.1, 0.15) is 35.8 Å². The minimum atomic E-state index is -0.320. The molecule has 1 aliphatic heterocycles. The van der Waals surface area contributed by atoms with E-state index >= 15 is 0 Å². The Morgan fingerprint density at radius 3 is 2.76 bits per heavy atom. The van der Waals surface area contributed by atoms with Crippen LogP contribution in [0.2, 0.25) is 0 Å². The molecule has 4 nitrogen and oxygen atoms in total. The van der Waals surface area contributed by atoms with Crippen molar-refractivity contribution in [1.82, 2.24) is 9.88 Å². The number of carbonyl (C=O) groups is 1. The Bertz CT molecular complexity index is 754. The van der Waals surface area contributed by atoms with Crippen LogP contribution >= 0.6 is 24.8 Å². The summed E-state index contributed by atoms with van der Waals surface area (Å²) in [6.45, 7) is 5.24. The fourth-order valence-electron chi connectivity index (χ4n) is 3.25. The van der Waals surface area contributed by atoms with E-state index in [2.05, 4.69) is 4.98 Å². The molecule has 2 heterocycles. The summed E-state index contributed by atoms with van der Waals surface area (Å²) in [5, 5.41) is 0.779. The SMILES string of the molecule is Cc1nc2cc(F)ccc2cc1C(=O)N1CCCC(C(C)N)C1.Cl.Cl. The number of hydrogen-bond acceptors (Lipinski definition) is 3. The molecule has 0 spiro atoms. The number of hydrogen-bond donors (Lipinski definition) is 1. The third-order valence-corrected chi connectivity index (χ3v) is 4.69. The van der Waals surface area contributed by atoms with E-state index in [1.807, 2.05) is 17.9 Å². The molecule has 1 aromatic heterocycles. The van der Waals surface area contributed by atoms with E-state index in [4.69, 9.17) is 5.73 Å². The summed E-state index contributed by atoms with van der Waals surface area (Å²) in [6, 6.07) is 6.35. The number of nitrogens with zero attached hydrogens (tertiary/aromatic N) is 2. The summed E-state index contributed by atoms with van der Waals surface area (Å²) >= 11 is 0. The summed E-state index contributed by atoms with van der Waals surface area (Å²) in [5.41, 5.74) is 7.80. The van der Waals surface area contributed by atoms with Crippen LogP contribution in [0.25, 0.3) is 10.9 Å². The number of fused-ring (bicyclic) bond motifs is 1. The van der Waals surface area contributed by atoms with Gasteiger partial charge in [-0.15, -0.1) is 24.8 Å². The van der Waals surface area contributed by atoms with Gasteiger partial charge in [-0.25, -0.2) is 4.39 Å². The van der Waals surface area contributed by atoms with E-state index in [-0.39, 0.29) is 42.6 Å². The lowest BCUT2D eigenvalue weighted by molar-refractivity contribution is 0.0660. The van der Waals surface area contributed by atoms with E-state index in [1.165, 1.54) is 12.1 Å². The highest BCUT2D eigenvalue weighted by Gasteiger charge is 2.27. The van der Waals surface area contributed by atoms with Crippen LogP contribution in [0.3, 0.4) is 0 Å². The largest absolute Gasteiger partial charge is 0.338 e. The minimum Gasteiger partial charge on any atom is -0.338 e. The van der Waals surface area contributed by atoms with Gasteiger partial charge in [-0.3, -0.25) is 9.78 Å². The summed E-state index contributed by atoms with van der Waals surface area (Å²) < 4.78 is 13.3. The van der Waals surface area contributed by atoms with E-state index in [0.29, 0.717) is 29.2 Å². The van der Waals surface area contributed by atoms with Crippen molar-refractivity contribution in [1.29, 1.82) is 0 Å². The van der Waals surface area contributed by atoms with E-state index < -0.39 is 0 Å². The number of likely N-dealkylation sites (tertiary alicyclic amines) is 1. The molecule has 0 saturated carbocycles. The Morgan fingerprint density at radius 2 is 2.08 bits per heavy atom. The molecule has 7 heteroatoms. The molecule has 138 valence electrons. The van der Waals surface area contributed by atoms with Crippen LogP contribution < -0.4 is 5.73 Å². The molecular formula is C18H24Cl2FN3O. The Kier molecular flexibility index (Phi) is 7.60. The third-order valence-electron chi connectivity index (χ3n) is 4.69. The van der Waals surface area contributed by atoms with Gasteiger partial charge in [0.15, 0.2) is 0 Å². The Hall–Kier alpha value is -1.43. The van der Waals surface area contributed by atoms with Crippen LogP contribution in [-0.4, -0.2) is 34.9 Å². The Labute approximate surface area is 159 Å². The van der Waals surface area contributed by atoms with Crippen molar-refractivity contribution in [2.45, 2.75) is 32.7 Å². The predicted molar refractivity (Wildman–Crippen MR) is 103 cm³/mol. The normalized spacial score (nSPS) is 18.2. The zero-order chi connectivity index (χ0) is 16.6. The number of amides is 1. The maximum absolute atomic E-state index is 13.3. The molecule has 0 aliphatic carbocycles. The molecule has 1 amide bonds. The highest BCUT2D eigenvalue weighted by molar-refractivity contribution is 5.98. The van der Waals surface area contributed by atoms with Crippen LogP contribution in [0.5, 0.6) is 0 Å². The molecule has 2 aromatic rings. The van der Waals surface area contributed by atoms with Crippen molar-refractivity contribution < 1.29 is 9.18 Å². The molecule has 1 aliphatic rings. The molecule has 0 bridgehead atoms. The van der Waals surface area contributed by atoms with Gasteiger partial charge in [0.1, 0.15) is 5.82 Å². The summed E-state index contributed by atoms with van der Waals surface area (Å²) in [5.74, 6) is 0.0152. The Balaban J connectivity index is 0.00000156. The average Bonchev–Trinajstić information content (AvgIpc) is 2.53. The average molecular weight is 388 g/mol. The van der Waals surface area contributed by atoms with Gasteiger partial charge in [-0.1, -0.05) is 0 Å². The lowest BCUT2D eigenvalue weighted by atomic mass is 9.91. The van der Waals surface area contributed by atoms with Gasteiger partial charge in [-0.2, -0.15) is 0 Å². The van der Waals surface area contributed by atoms with Crippen molar-refractivity contribution in [3.63, 3.8) is 0 Å². The number of aryl methyl sites for hydroxylation is 1. The smallest absolute Gasteiger partial charge is 0.255 e. The minimum absolute atomic E-state index is 0. The van der Waals surface area contributed by atoms with Gasteiger partial charge in [0.25, 0.3) is 5.91 Å². The highest BCUT2D eigenvalue weighted by Crippen LogP contribution is 2.23. The zero-order valence-corrected chi connectivity index (χ0v) is 16.0. The number of rotatable bonds is 2. The fraction of sp³-hybridized carbons (Fsp3) is 0.444. The van der Waals surface area contributed by atoms with Crippen molar-refractivity contribution in [3.05, 3.63) is 41.3 Å². The van der Waals surface area contributed by atoms with Crippen molar-refractivity contribution in [2.75, 3.05) is 13.1 Å². The maximum atomic E-state index is 13.3. The number of halogens is 3. The first-order valence-corrected chi connectivity index (χ1v) is 8.07. The lowest BCUT2D eigenvalue weighted by Gasteiger charge is -2.34. The number of aromatic nitrogens is 1. The molecule has 1 aromatic carbocycles. The molecule has 3 rings (SSSR count).